The fourth-order valence-electron chi connectivity index (χ4n) is 2.95. The third-order valence-electron chi connectivity index (χ3n) is 4.49. The molecule has 0 unspecified atom stereocenters. The second kappa shape index (κ2) is 8.85. The van der Waals surface area contributed by atoms with Crippen molar-refractivity contribution in [1.82, 2.24) is 10.4 Å². The molecular weight excluding hydrogens is 386 g/mol. The average molecular weight is 407 g/mol. The van der Waals surface area contributed by atoms with Crippen molar-refractivity contribution in [3.63, 3.8) is 0 Å². The summed E-state index contributed by atoms with van der Waals surface area (Å²) in [5, 5.41) is 5.09. The molecule has 1 amide bonds. The quantitative estimate of drug-likeness (QED) is 0.385. The van der Waals surface area contributed by atoms with E-state index in [0.717, 1.165) is 34.4 Å². The molecule has 1 saturated heterocycles. The molecule has 0 atom stereocenters. The number of amides is 1. The summed E-state index contributed by atoms with van der Waals surface area (Å²) in [5.41, 5.74) is 11.2. The zero-order valence-corrected chi connectivity index (χ0v) is 16.6. The van der Waals surface area contributed by atoms with Crippen LogP contribution in [0.25, 0.3) is 11.3 Å². The minimum absolute atomic E-state index is 0.291. The third-order valence-corrected chi connectivity index (χ3v) is 5.54. The number of anilines is 2. The van der Waals surface area contributed by atoms with E-state index in [1.54, 1.807) is 41.8 Å². The highest BCUT2D eigenvalue weighted by atomic mass is 32.1. The first-order valence-electron chi connectivity index (χ1n) is 9.28. The molecule has 0 spiro atoms. The van der Waals surface area contributed by atoms with Crippen molar-refractivity contribution in [2.45, 2.75) is 0 Å². The smallest absolute Gasteiger partial charge is 0.271 e. The summed E-state index contributed by atoms with van der Waals surface area (Å²) in [4.78, 5) is 20.2. The Labute approximate surface area is 172 Å². The number of benzene rings is 2. The first-order valence-corrected chi connectivity index (χ1v) is 10.1. The Balaban J connectivity index is 1.56. The number of aromatic nitrogens is 1. The number of carbonyl (C=O) groups excluding carboxylic acids is 1. The standard InChI is InChI=1S/C21H21N5O2S/c22-17-8-6-16(7-9-17)20(27)25-23-14-18-19(15-4-2-1-3-5-15)24-21(29-18)26-10-12-28-13-11-26/h1-9,14H,10-13,22H2,(H,25,27)/b23-14+. The number of hydrazone groups is 1. The molecule has 1 aliphatic rings. The van der Waals surface area contributed by atoms with Crippen LogP contribution in [-0.4, -0.2) is 43.4 Å². The summed E-state index contributed by atoms with van der Waals surface area (Å²) in [7, 11) is 0. The van der Waals surface area contributed by atoms with Gasteiger partial charge in [0.1, 0.15) is 0 Å². The van der Waals surface area contributed by atoms with E-state index in [2.05, 4.69) is 15.4 Å². The Bertz CT molecular complexity index is 996. The minimum atomic E-state index is -0.291. The molecule has 1 aliphatic heterocycles. The van der Waals surface area contributed by atoms with Gasteiger partial charge in [0.2, 0.25) is 0 Å². The summed E-state index contributed by atoms with van der Waals surface area (Å²) in [5.74, 6) is -0.291. The fraction of sp³-hybridized carbons (Fsp3) is 0.190. The van der Waals surface area contributed by atoms with Gasteiger partial charge in [0, 0.05) is 29.9 Å². The van der Waals surface area contributed by atoms with Gasteiger partial charge in [-0.25, -0.2) is 10.4 Å². The van der Waals surface area contributed by atoms with Gasteiger partial charge in [-0.1, -0.05) is 41.7 Å². The number of nitrogens with one attached hydrogen (secondary N) is 1. The first-order chi connectivity index (χ1) is 14.2. The van der Waals surface area contributed by atoms with Gasteiger partial charge in [-0.3, -0.25) is 4.79 Å². The summed E-state index contributed by atoms with van der Waals surface area (Å²) in [6.45, 7) is 3.01. The van der Waals surface area contributed by atoms with Gasteiger partial charge in [0.05, 0.1) is 30.0 Å². The zero-order chi connectivity index (χ0) is 20.1. The number of nitrogens with zero attached hydrogens (tertiary/aromatic N) is 3. The number of hydrogen-bond donors (Lipinski definition) is 2. The van der Waals surface area contributed by atoms with Crippen molar-refractivity contribution in [2.75, 3.05) is 36.9 Å². The molecule has 0 aliphatic carbocycles. The second-order valence-corrected chi connectivity index (χ2v) is 7.50. The highest BCUT2D eigenvalue weighted by Gasteiger charge is 2.18. The van der Waals surface area contributed by atoms with Crippen LogP contribution in [0.2, 0.25) is 0 Å². The highest BCUT2D eigenvalue weighted by Crippen LogP contribution is 2.32. The van der Waals surface area contributed by atoms with Crippen molar-refractivity contribution in [1.29, 1.82) is 0 Å². The molecule has 3 aromatic rings. The van der Waals surface area contributed by atoms with Crippen molar-refractivity contribution in [2.24, 2.45) is 5.10 Å². The van der Waals surface area contributed by atoms with Crippen LogP contribution < -0.4 is 16.1 Å². The maximum Gasteiger partial charge on any atom is 0.271 e. The molecule has 1 fully saturated rings. The fourth-order valence-corrected chi connectivity index (χ4v) is 3.96. The van der Waals surface area contributed by atoms with Gasteiger partial charge >= 0.3 is 0 Å². The van der Waals surface area contributed by atoms with Crippen molar-refractivity contribution in [3.05, 3.63) is 65.0 Å². The number of carbonyl (C=O) groups is 1. The number of ether oxygens (including phenoxy) is 1. The Kier molecular flexibility index (Phi) is 5.83. The third kappa shape index (κ3) is 4.61. The van der Waals surface area contributed by atoms with Crippen molar-refractivity contribution >= 4 is 34.3 Å². The Morgan fingerprint density at radius 1 is 1.14 bits per heavy atom. The zero-order valence-electron chi connectivity index (χ0n) is 15.7. The second-order valence-electron chi connectivity index (χ2n) is 6.50. The predicted molar refractivity (Wildman–Crippen MR) is 116 cm³/mol. The lowest BCUT2D eigenvalue weighted by Crippen LogP contribution is -2.36. The van der Waals surface area contributed by atoms with Crippen LogP contribution in [0.3, 0.4) is 0 Å². The molecule has 0 saturated carbocycles. The topological polar surface area (TPSA) is 92.8 Å². The number of thiazole rings is 1. The van der Waals surface area contributed by atoms with E-state index < -0.39 is 0 Å². The lowest BCUT2D eigenvalue weighted by atomic mass is 10.1. The molecule has 0 bridgehead atoms. The monoisotopic (exact) mass is 407 g/mol. The van der Waals surface area contributed by atoms with E-state index in [1.165, 1.54) is 0 Å². The molecular formula is C21H21N5O2S. The van der Waals surface area contributed by atoms with E-state index in [4.69, 9.17) is 15.5 Å². The number of morpholine rings is 1. The van der Waals surface area contributed by atoms with Crippen LogP contribution in [0.5, 0.6) is 0 Å². The lowest BCUT2D eigenvalue weighted by Gasteiger charge is -2.26. The van der Waals surface area contributed by atoms with E-state index in [-0.39, 0.29) is 5.91 Å². The summed E-state index contributed by atoms with van der Waals surface area (Å²) in [6.07, 6.45) is 1.65. The Hall–Kier alpha value is -3.23. The highest BCUT2D eigenvalue weighted by molar-refractivity contribution is 7.17. The SMILES string of the molecule is Nc1ccc(C(=O)N/N=C/c2sc(N3CCOCC3)nc2-c2ccccc2)cc1. The molecule has 8 heteroatoms. The molecule has 3 N–H and O–H groups in total. The minimum Gasteiger partial charge on any atom is -0.399 e. The van der Waals surface area contributed by atoms with Crippen molar-refractivity contribution in [3.8, 4) is 11.3 Å². The van der Waals surface area contributed by atoms with E-state index in [1.807, 2.05) is 30.3 Å². The van der Waals surface area contributed by atoms with Crippen LogP contribution in [0.1, 0.15) is 15.2 Å². The van der Waals surface area contributed by atoms with E-state index in [9.17, 15) is 4.79 Å². The molecule has 0 radical (unpaired) electrons. The number of nitrogen functional groups attached to an aromatic ring is 1. The van der Waals surface area contributed by atoms with Crippen LogP contribution in [0, 0.1) is 0 Å². The van der Waals surface area contributed by atoms with Crippen LogP contribution >= 0.6 is 11.3 Å². The van der Waals surface area contributed by atoms with Gasteiger partial charge < -0.3 is 15.4 Å². The molecule has 7 nitrogen and oxygen atoms in total. The van der Waals surface area contributed by atoms with Gasteiger partial charge in [-0.15, -0.1) is 0 Å². The van der Waals surface area contributed by atoms with E-state index in [0.29, 0.717) is 24.5 Å². The maximum absolute atomic E-state index is 12.3. The predicted octanol–water partition coefficient (Wildman–Crippen LogP) is 2.99. The Morgan fingerprint density at radius 2 is 1.86 bits per heavy atom. The average Bonchev–Trinajstić information content (AvgIpc) is 3.19. The number of nitrogens with two attached hydrogens (primary N) is 1. The first kappa shape index (κ1) is 19.1. The summed E-state index contributed by atoms with van der Waals surface area (Å²) < 4.78 is 5.44. The Morgan fingerprint density at radius 3 is 2.59 bits per heavy atom. The van der Waals surface area contributed by atoms with Gasteiger partial charge in [0.25, 0.3) is 5.91 Å². The van der Waals surface area contributed by atoms with Crippen LogP contribution in [-0.2, 0) is 4.74 Å². The summed E-state index contributed by atoms with van der Waals surface area (Å²) in [6, 6.07) is 16.7. The van der Waals surface area contributed by atoms with Gasteiger partial charge in [-0.2, -0.15) is 5.10 Å². The van der Waals surface area contributed by atoms with Crippen LogP contribution in [0.15, 0.2) is 59.7 Å². The molecule has 148 valence electrons. The van der Waals surface area contributed by atoms with Gasteiger partial charge in [-0.05, 0) is 24.3 Å². The maximum atomic E-state index is 12.3. The molecule has 2 aromatic carbocycles. The molecule has 1 aromatic heterocycles. The van der Waals surface area contributed by atoms with E-state index >= 15 is 0 Å². The number of hydrogen-bond acceptors (Lipinski definition) is 7. The largest absolute Gasteiger partial charge is 0.399 e. The van der Waals surface area contributed by atoms with Crippen molar-refractivity contribution < 1.29 is 9.53 Å². The van der Waals surface area contributed by atoms with Crippen LogP contribution in [0.4, 0.5) is 10.8 Å². The summed E-state index contributed by atoms with van der Waals surface area (Å²) >= 11 is 1.55. The van der Waals surface area contributed by atoms with Gasteiger partial charge in [0.15, 0.2) is 5.13 Å². The molecule has 29 heavy (non-hydrogen) atoms. The molecule has 2 heterocycles. The number of rotatable bonds is 5. The molecule has 4 rings (SSSR count). The lowest BCUT2D eigenvalue weighted by molar-refractivity contribution is 0.0955. The normalized spacial score (nSPS) is 14.3.